The second-order valence-corrected chi connectivity index (χ2v) is 3.14. The lowest BCUT2D eigenvalue weighted by molar-refractivity contribution is 0.649. The average Bonchev–Trinajstić information content (AvgIpc) is 2.05. The fourth-order valence-corrected chi connectivity index (χ4v) is 1.29. The summed E-state index contributed by atoms with van der Waals surface area (Å²) in [6.45, 7) is 0. The Hall–Kier alpha value is -0.780. The van der Waals surface area contributed by atoms with Gasteiger partial charge in [0.1, 0.15) is 0 Å². The number of rotatable bonds is 0. The van der Waals surface area contributed by atoms with Gasteiger partial charge in [0.15, 0.2) is 0 Å². The van der Waals surface area contributed by atoms with Crippen LogP contribution in [0.5, 0.6) is 0 Å². The molecule has 0 heteroatoms. The molecule has 0 saturated carbocycles. The van der Waals surface area contributed by atoms with Crippen molar-refractivity contribution < 1.29 is 0 Å². The zero-order chi connectivity index (χ0) is 8.49. The lowest BCUT2D eigenvalue weighted by Crippen LogP contribution is -1.77. The van der Waals surface area contributed by atoms with Crippen molar-refractivity contribution in [2.75, 3.05) is 0 Å². The van der Waals surface area contributed by atoms with Gasteiger partial charge in [0.05, 0.1) is 0 Å². The first-order chi connectivity index (χ1) is 6.00. The van der Waals surface area contributed by atoms with Gasteiger partial charge in [-0.15, -0.1) is 0 Å². The monoisotopic (exact) mass is 161 g/mol. The van der Waals surface area contributed by atoms with Crippen LogP contribution in [-0.2, 0) is 0 Å². The van der Waals surface area contributed by atoms with Crippen molar-refractivity contribution >= 4 is 0 Å². The van der Waals surface area contributed by atoms with Crippen molar-refractivity contribution in [3.63, 3.8) is 0 Å². The van der Waals surface area contributed by atoms with Crippen LogP contribution < -0.4 is 0 Å². The molecule has 1 radical (unpaired) electrons. The fourth-order valence-electron chi connectivity index (χ4n) is 1.29. The van der Waals surface area contributed by atoms with E-state index in [1.165, 1.54) is 32.1 Å². The summed E-state index contributed by atoms with van der Waals surface area (Å²) in [5.74, 6) is 0. The summed E-state index contributed by atoms with van der Waals surface area (Å²) in [6.07, 6.45) is 21.5. The van der Waals surface area contributed by atoms with Crippen molar-refractivity contribution in [3.8, 4) is 0 Å². The van der Waals surface area contributed by atoms with Gasteiger partial charge >= 0.3 is 0 Å². The third-order valence-electron chi connectivity index (χ3n) is 2.01. The zero-order valence-electron chi connectivity index (χ0n) is 7.63. The first-order valence-electron chi connectivity index (χ1n) is 4.88. The Balaban J connectivity index is 2.32. The summed E-state index contributed by atoms with van der Waals surface area (Å²) in [4.78, 5) is 0. The minimum Gasteiger partial charge on any atom is -0.0845 e. The van der Waals surface area contributed by atoms with Crippen LogP contribution in [-0.4, -0.2) is 0 Å². The smallest absolute Gasteiger partial charge is 0.0276 e. The molecule has 0 heterocycles. The molecule has 0 aromatic heterocycles. The molecule has 0 fully saturated rings. The predicted octanol–water partition coefficient (Wildman–Crippen LogP) is 3.81. The lowest BCUT2D eigenvalue weighted by atomic mass is 10.1. The predicted molar refractivity (Wildman–Crippen MR) is 53.8 cm³/mol. The highest BCUT2D eigenvalue weighted by Gasteiger charge is 1.87. The molecule has 0 spiro atoms. The minimum atomic E-state index is 1.12. The summed E-state index contributed by atoms with van der Waals surface area (Å²) < 4.78 is 0. The van der Waals surface area contributed by atoms with E-state index in [0.717, 1.165) is 6.42 Å². The first kappa shape index (κ1) is 9.31. The van der Waals surface area contributed by atoms with Crippen LogP contribution >= 0.6 is 0 Å². The van der Waals surface area contributed by atoms with Crippen LogP contribution in [0.2, 0.25) is 0 Å². The molecule has 0 saturated heterocycles. The van der Waals surface area contributed by atoms with Gasteiger partial charge in [-0.05, 0) is 31.8 Å². The highest BCUT2D eigenvalue weighted by atomic mass is 13.9. The van der Waals surface area contributed by atoms with E-state index in [-0.39, 0.29) is 0 Å². The highest BCUT2D eigenvalue weighted by molar-refractivity contribution is 5.09. The molecule has 12 heavy (non-hydrogen) atoms. The third-order valence-corrected chi connectivity index (χ3v) is 2.01. The Morgan fingerprint density at radius 1 is 0.833 bits per heavy atom. The van der Waals surface area contributed by atoms with E-state index in [1.807, 2.05) is 6.08 Å². The first-order valence-corrected chi connectivity index (χ1v) is 4.88. The largest absolute Gasteiger partial charge is 0.0845 e. The van der Waals surface area contributed by atoms with E-state index < -0.39 is 0 Å². The summed E-state index contributed by atoms with van der Waals surface area (Å²) in [5, 5.41) is 0. The van der Waals surface area contributed by atoms with Gasteiger partial charge in [-0.3, -0.25) is 0 Å². The van der Waals surface area contributed by atoms with Crippen LogP contribution in [0.25, 0.3) is 0 Å². The van der Waals surface area contributed by atoms with Gasteiger partial charge in [0.2, 0.25) is 0 Å². The van der Waals surface area contributed by atoms with Crippen LogP contribution in [0.15, 0.2) is 30.4 Å². The summed E-state index contributed by atoms with van der Waals surface area (Å²) in [7, 11) is 0. The molecule has 0 bridgehead atoms. The topological polar surface area (TPSA) is 0 Å². The minimum absolute atomic E-state index is 1.12. The molecule has 1 aliphatic carbocycles. The lowest BCUT2D eigenvalue weighted by Gasteiger charge is -1.96. The molecule has 0 aromatic carbocycles. The molecule has 0 nitrogen and oxygen atoms in total. The molecular formula is C12H17. The van der Waals surface area contributed by atoms with E-state index in [0.29, 0.717) is 0 Å². The third kappa shape index (κ3) is 4.95. The summed E-state index contributed by atoms with van der Waals surface area (Å²) in [5.41, 5.74) is 0. The second-order valence-electron chi connectivity index (χ2n) is 3.14. The maximum atomic E-state index is 3.26. The normalized spacial score (nSPS) is 28.0. The van der Waals surface area contributed by atoms with E-state index >= 15 is 0 Å². The van der Waals surface area contributed by atoms with Crippen LogP contribution in [0.4, 0.5) is 0 Å². The van der Waals surface area contributed by atoms with Gasteiger partial charge < -0.3 is 0 Å². The number of allylic oxidation sites excluding steroid dienone is 6. The van der Waals surface area contributed by atoms with Gasteiger partial charge in [-0.1, -0.05) is 43.2 Å². The Kier molecular flexibility index (Phi) is 5.35. The average molecular weight is 161 g/mol. The molecule has 0 unspecified atom stereocenters. The number of hydrogen-bond acceptors (Lipinski definition) is 0. The molecule has 1 rings (SSSR count). The van der Waals surface area contributed by atoms with Crippen molar-refractivity contribution in [2.45, 2.75) is 38.5 Å². The maximum absolute atomic E-state index is 3.26. The zero-order valence-corrected chi connectivity index (χ0v) is 7.63. The molecule has 1 aliphatic rings. The van der Waals surface area contributed by atoms with Gasteiger partial charge in [-0.2, -0.15) is 0 Å². The molecule has 0 N–H and O–H groups in total. The Morgan fingerprint density at radius 2 is 1.75 bits per heavy atom. The van der Waals surface area contributed by atoms with Crippen molar-refractivity contribution in [1.82, 2.24) is 0 Å². The Morgan fingerprint density at radius 3 is 2.75 bits per heavy atom. The van der Waals surface area contributed by atoms with Gasteiger partial charge in [0.25, 0.3) is 0 Å². The van der Waals surface area contributed by atoms with Crippen LogP contribution in [0.3, 0.4) is 0 Å². The van der Waals surface area contributed by atoms with Gasteiger partial charge in [-0.25, -0.2) is 0 Å². The second kappa shape index (κ2) is 6.90. The molecule has 0 amide bonds. The molecule has 0 aliphatic heterocycles. The van der Waals surface area contributed by atoms with Crippen molar-refractivity contribution in [3.05, 3.63) is 36.5 Å². The molecule has 0 atom stereocenters. The van der Waals surface area contributed by atoms with E-state index in [9.17, 15) is 0 Å². The summed E-state index contributed by atoms with van der Waals surface area (Å²) >= 11 is 0. The van der Waals surface area contributed by atoms with E-state index in [1.54, 1.807) is 0 Å². The number of hydrogen-bond donors (Lipinski definition) is 0. The van der Waals surface area contributed by atoms with Gasteiger partial charge in [0, 0.05) is 0 Å². The van der Waals surface area contributed by atoms with E-state index in [4.69, 9.17) is 0 Å². The summed E-state index contributed by atoms with van der Waals surface area (Å²) in [6, 6.07) is 0. The Bertz CT molecular complexity index is 152. The van der Waals surface area contributed by atoms with Crippen molar-refractivity contribution in [1.29, 1.82) is 0 Å². The van der Waals surface area contributed by atoms with E-state index in [2.05, 4.69) is 30.4 Å². The molecule has 0 aromatic rings. The molecular weight excluding hydrogens is 144 g/mol. The fraction of sp³-hybridized carbons (Fsp3) is 0.500. The SMILES string of the molecule is [C]1=C/C=C\C=C\CCCCCC/1. The van der Waals surface area contributed by atoms with Crippen LogP contribution in [0, 0.1) is 6.08 Å². The van der Waals surface area contributed by atoms with Crippen LogP contribution in [0.1, 0.15) is 38.5 Å². The quantitative estimate of drug-likeness (QED) is 0.506. The maximum Gasteiger partial charge on any atom is -0.0276 e. The van der Waals surface area contributed by atoms with Crippen molar-refractivity contribution in [2.24, 2.45) is 0 Å². The highest BCUT2D eigenvalue weighted by Crippen LogP contribution is 2.06. The Labute approximate surface area is 75.7 Å². The standard InChI is InChI=1S/C12H17/c1-2-4-6-8-10-12-11-9-7-5-3-1/h1-5H,6,8-12H2/b3-1-,4-2+,7-5?. The molecule has 65 valence electrons.